The molecule has 3 aliphatic rings. The van der Waals surface area contributed by atoms with Gasteiger partial charge in [0.2, 0.25) is 0 Å². The SMILES string of the molecule is CC1C(C)C(N(C)C)C2C=C3C(=CC12)C(C)(C)c1cc(Oc2ccc(C(C)(C)C)cc2)ccc13. The molecule has 0 aliphatic heterocycles. The number of allylic oxidation sites excluding steroid dienone is 3. The highest BCUT2D eigenvalue weighted by Crippen LogP contribution is 2.57. The van der Waals surface area contributed by atoms with E-state index in [1.54, 1.807) is 0 Å². The van der Waals surface area contributed by atoms with Gasteiger partial charge in [-0.15, -0.1) is 0 Å². The minimum absolute atomic E-state index is 0.0131. The van der Waals surface area contributed by atoms with E-state index in [1.807, 2.05) is 0 Å². The third-order valence-electron chi connectivity index (χ3n) is 9.00. The Labute approximate surface area is 206 Å². The zero-order valence-corrected chi connectivity index (χ0v) is 22.4. The number of benzene rings is 2. The molecule has 0 saturated heterocycles. The van der Waals surface area contributed by atoms with Crippen molar-refractivity contribution in [2.75, 3.05) is 14.1 Å². The van der Waals surface area contributed by atoms with Crippen LogP contribution >= 0.6 is 0 Å². The molecule has 5 atom stereocenters. The maximum atomic E-state index is 6.33. The van der Waals surface area contributed by atoms with Gasteiger partial charge in [0.25, 0.3) is 0 Å². The van der Waals surface area contributed by atoms with Crippen molar-refractivity contribution < 1.29 is 4.74 Å². The average Bonchev–Trinajstić information content (AvgIpc) is 3.14. The first-order chi connectivity index (χ1) is 15.9. The lowest BCUT2D eigenvalue weighted by Gasteiger charge is -2.33. The zero-order chi connectivity index (χ0) is 24.6. The van der Waals surface area contributed by atoms with E-state index < -0.39 is 0 Å². The zero-order valence-electron chi connectivity index (χ0n) is 22.4. The van der Waals surface area contributed by atoms with Gasteiger partial charge in [-0.1, -0.05) is 78.8 Å². The van der Waals surface area contributed by atoms with Gasteiger partial charge in [-0.3, -0.25) is 0 Å². The highest BCUT2D eigenvalue weighted by atomic mass is 16.5. The first-order valence-corrected chi connectivity index (χ1v) is 12.9. The van der Waals surface area contributed by atoms with Gasteiger partial charge in [0.05, 0.1) is 0 Å². The lowest BCUT2D eigenvalue weighted by molar-refractivity contribution is 0.208. The Kier molecular flexibility index (Phi) is 5.41. The van der Waals surface area contributed by atoms with E-state index in [9.17, 15) is 0 Å². The summed E-state index contributed by atoms with van der Waals surface area (Å²) in [6, 6.07) is 15.8. The summed E-state index contributed by atoms with van der Waals surface area (Å²) >= 11 is 0. The molecule has 2 nitrogen and oxygen atoms in total. The molecule has 0 radical (unpaired) electrons. The number of nitrogens with zero attached hydrogens (tertiary/aromatic N) is 1. The molecule has 180 valence electrons. The lowest BCUT2D eigenvalue weighted by Crippen LogP contribution is -2.36. The minimum Gasteiger partial charge on any atom is -0.457 e. The summed E-state index contributed by atoms with van der Waals surface area (Å²) in [5, 5.41) is 0. The molecule has 0 bridgehead atoms. The van der Waals surface area contributed by atoms with Crippen LogP contribution in [0.5, 0.6) is 11.5 Å². The molecule has 1 saturated carbocycles. The molecule has 5 rings (SSSR count). The smallest absolute Gasteiger partial charge is 0.127 e. The number of hydrogen-bond acceptors (Lipinski definition) is 2. The fourth-order valence-corrected chi connectivity index (χ4v) is 6.86. The van der Waals surface area contributed by atoms with Gasteiger partial charge in [-0.05, 0) is 89.4 Å². The van der Waals surface area contributed by atoms with E-state index >= 15 is 0 Å². The molecule has 2 aromatic carbocycles. The molecule has 1 fully saturated rings. The van der Waals surface area contributed by atoms with Crippen LogP contribution in [0.1, 0.15) is 65.2 Å². The number of fused-ring (bicyclic) bond motifs is 4. The fraction of sp³-hybridized carbons (Fsp3) is 0.500. The van der Waals surface area contributed by atoms with E-state index in [0.717, 1.165) is 11.5 Å². The van der Waals surface area contributed by atoms with E-state index in [2.05, 4.69) is 122 Å². The van der Waals surface area contributed by atoms with Crippen LogP contribution in [-0.2, 0) is 10.8 Å². The van der Waals surface area contributed by atoms with Gasteiger partial charge in [-0.2, -0.15) is 0 Å². The van der Waals surface area contributed by atoms with Crippen molar-refractivity contribution in [1.82, 2.24) is 4.90 Å². The predicted octanol–water partition coefficient (Wildman–Crippen LogP) is 7.84. The minimum atomic E-state index is -0.0131. The standard InChI is InChI=1S/C32H41NO/c1-19-20(2)30(33(8)9)27-17-26-24-15-14-23(16-28(24)32(6,7)29(26)18-25(19)27)34-22-12-10-21(11-13-22)31(3,4)5/h10-20,25,27,30H,1-9H3. The molecule has 0 heterocycles. The third kappa shape index (κ3) is 3.57. The largest absolute Gasteiger partial charge is 0.457 e. The molecular weight excluding hydrogens is 414 g/mol. The Morgan fingerprint density at radius 1 is 0.824 bits per heavy atom. The Hall–Kier alpha value is -2.32. The summed E-state index contributed by atoms with van der Waals surface area (Å²) < 4.78 is 6.33. The molecule has 3 aliphatic carbocycles. The Bertz CT molecular complexity index is 1160. The van der Waals surface area contributed by atoms with E-state index in [1.165, 1.54) is 27.8 Å². The lowest BCUT2D eigenvalue weighted by atomic mass is 9.74. The molecule has 34 heavy (non-hydrogen) atoms. The van der Waals surface area contributed by atoms with Gasteiger partial charge >= 0.3 is 0 Å². The maximum absolute atomic E-state index is 6.33. The molecule has 5 unspecified atom stereocenters. The summed E-state index contributed by atoms with van der Waals surface area (Å²) in [7, 11) is 4.50. The molecule has 2 heteroatoms. The molecule has 0 N–H and O–H groups in total. The second kappa shape index (κ2) is 7.85. The van der Waals surface area contributed by atoms with Gasteiger partial charge in [0.1, 0.15) is 11.5 Å². The quantitative estimate of drug-likeness (QED) is 0.467. The summed E-state index contributed by atoms with van der Waals surface area (Å²) in [4.78, 5) is 2.45. The molecular formula is C32H41NO. The van der Waals surface area contributed by atoms with Crippen LogP contribution in [0.3, 0.4) is 0 Å². The van der Waals surface area contributed by atoms with Gasteiger partial charge < -0.3 is 9.64 Å². The number of hydrogen-bond donors (Lipinski definition) is 0. The highest BCUT2D eigenvalue weighted by Gasteiger charge is 2.50. The predicted molar refractivity (Wildman–Crippen MR) is 144 cm³/mol. The van der Waals surface area contributed by atoms with Gasteiger partial charge in [0, 0.05) is 17.4 Å². The Balaban J connectivity index is 1.49. The summed E-state index contributed by atoms with van der Waals surface area (Å²) in [5.74, 6) is 4.40. The molecule has 0 amide bonds. The van der Waals surface area contributed by atoms with Crippen LogP contribution in [0, 0.1) is 23.7 Å². The van der Waals surface area contributed by atoms with E-state index in [0.29, 0.717) is 29.7 Å². The second-order valence-corrected chi connectivity index (χ2v) is 12.7. The molecule has 0 spiro atoms. The van der Waals surface area contributed by atoms with Crippen LogP contribution in [0.25, 0.3) is 5.57 Å². The average molecular weight is 456 g/mol. The van der Waals surface area contributed by atoms with Crippen molar-refractivity contribution in [1.29, 1.82) is 0 Å². The first-order valence-electron chi connectivity index (χ1n) is 12.9. The molecule has 2 aromatic rings. The van der Waals surface area contributed by atoms with E-state index in [4.69, 9.17) is 4.74 Å². The van der Waals surface area contributed by atoms with Crippen molar-refractivity contribution >= 4 is 5.57 Å². The normalized spacial score (nSPS) is 29.3. The van der Waals surface area contributed by atoms with Crippen molar-refractivity contribution in [3.63, 3.8) is 0 Å². The fourth-order valence-electron chi connectivity index (χ4n) is 6.86. The summed E-state index contributed by atoms with van der Waals surface area (Å²) in [5.41, 5.74) is 7.19. The van der Waals surface area contributed by atoms with Crippen LogP contribution in [-0.4, -0.2) is 25.0 Å². The van der Waals surface area contributed by atoms with Crippen LogP contribution < -0.4 is 4.74 Å². The van der Waals surface area contributed by atoms with Crippen molar-refractivity contribution in [3.05, 3.63) is 76.9 Å². The van der Waals surface area contributed by atoms with Crippen molar-refractivity contribution in [3.8, 4) is 11.5 Å². The number of rotatable bonds is 3. The van der Waals surface area contributed by atoms with Crippen LogP contribution in [0.4, 0.5) is 0 Å². The van der Waals surface area contributed by atoms with Crippen LogP contribution in [0.15, 0.2) is 60.2 Å². The van der Waals surface area contributed by atoms with E-state index in [-0.39, 0.29) is 10.8 Å². The highest BCUT2D eigenvalue weighted by molar-refractivity contribution is 5.91. The molecule has 0 aromatic heterocycles. The Morgan fingerprint density at radius 3 is 2.09 bits per heavy atom. The third-order valence-corrected chi connectivity index (χ3v) is 9.00. The van der Waals surface area contributed by atoms with Crippen molar-refractivity contribution in [2.24, 2.45) is 23.7 Å². The summed E-state index contributed by atoms with van der Waals surface area (Å²) in [6.07, 6.45) is 5.25. The first kappa shape index (κ1) is 23.4. The van der Waals surface area contributed by atoms with Crippen molar-refractivity contribution in [2.45, 2.75) is 65.3 Å². The van der Waals surface area contributed by atoms with Gasteiger partial charge in [-0.25, -0.2) is 0 Å². The second-order valence-electron chi connectivity index (χ2n) is 12.7. The topological polar surface area (TPSA) is 12.5 Å². The Morgan fingerprint density at radius 2 is 1.47 bits per heavy atom. The monoisotopic (exact) mass is 455 g/mol. The van der Waals surface area contributed by atoms with Gasteiger partial charge in [0.15, 0.2) is 0 Å². The van der Waals surface area contributed by atoms with Crippen LogP contribution in [0.2, 0.25) is 0 Å². The number of ether oxygens (including phenoxy) is 1. The summed E-state index contributed by atoms with van der Waals surface area (Å²) in [6.45, 7) is 16.4. The maximum Gasteiger partial charge on any atom is 0.127 e.